The quantitative estimate of drug-likeness (QED) is 0.635. The first-order valence-corrected chi connectivity index (χ1v) is 8.47. The minimum absolute atomic E-state index is 0.346. The predicted octanol–water partition coefficient (Wildman–Crippen LogP) is 4.39. The third-order valence-electron chi connectivity index (χ3n) is 5.27. The molecule has 1 aliphatic rings. The Labute approximate surface area is 120 Å². The maximum Gasteiger partial charge on any atom is 0.0658 e. The van der Waals surface area contributed by atoms with Gasteiger partial charge in [0.1, 0.15) is 0 Å². The monoisotopic (exact) mass is 269 g/mol. The van der Waals surface area contributed by atoms with E-state index in [0.717, 1.165) is 19.1 Å². The molecule has 1 N–H and O–H groups in total. The summed E-state index contributed by atoms with van der Waals surface area (Å²) in [6.45, 7) is 13.5. The van der Waals surface area contributed by atoms with Crippen molar-refractivity contribution in [3.05, 3.63) is 0 Å². The molecule has 4 atom stereocenters. The van der Waals surface area contributed by atoms with Crippen molar-refractivity contribution in [1.29, 1.82) is 0 Å². The van der Waals surface area contributed by atoms with Gasteiger partial charge in [-0.3, -0.25) is 0 Å². The van der Waals surface area contributed by atoms with E-state index in [4.69, 9.17) is 4.74 Å². The zero-order valence-electron chi connectivity index (χ0n) is 13.8. The van der Waals surface area contributed by atoms with Gasteiger partial charge in [0.25, 0.3) is 0 Å². The summed E-state index contributed by atoms with van der Waals surface area (Å²) in [5.41, 5.74) is 0.346. The second-order valence-electron chi connectivity index (χ2n) is 6.44. The molecule has 0 saturated heterocycles. The van der Waals surface area contributed by atoms with Crippen molar-refractivity contribution >= 4 is 0 Å². The van der Waals surface area contributed by atoms with E-state index in [1.165, 1.54) is 38.5 Å². The number of hydrogen-bond donors (Lipinski definition) is 1. The van der Waals surface area contributed by atoms with Crippen LogP contribution in [0.25, 0.3) is 0 Å². The number of unbranched alkanes of at least 4 members (excludes halogenated alkanes) is 1. The Balaban J connectivity index is 2.36. The molecule has 114 valence electrons. The van der Waals surface area contributed by atoms with Gasteiger partial charge in [-0.1, -0.05) is 53.9 Å². The highest BCUT2D eigenvalue weighted by Crippen LogP contribution is 2.46. The van der Waals surface area contributed by atoms with Gasteiger partial charge in [0.2, 0.25) is 0 Å². The van der Waals surface area contributed by atoms with E-state index in [1.54, 1.807) is 0 Å². The molecule has 0 radical (unpaired) electrons. The van der Waals surface area contributed by atoms with Crippen LogP contribution < -0.4 is 5.32 Å². The Hall–Kier alpha value is -0.0800. The van der Waals surface area contributed by atoms with Crippen LogP contribution in [0.5, 0.6) is 0 Å². The maximum absolute atomic E-state index is 6.27. The van der Waals surface area contributed by atoms with Crippen molar-refractivity contribution < 1.29 is 4.74 Å². The van der Waals surface area contributed by atoms with Crippen molar-refractivity contribution in [3.63, 3.8) is 0 Å². The van der Waals surface area contributed by atoms with Crippen LogP contribution >= 0.6 is 0 Å². The van der Waals surface area contributed by atoms with Crippen LogP contribution in [0.15, 0.2) is 0 Å². The number of nitrogens with one attached hydrogen (secondary N) is 1. The van der Waals surface area contributed by atoms with E-state index in [9.17, 15) is 0 Å². The van der Waals surface area contributed by atoms with Crippen LogP contribution in [-0.2, 0) is 4.74 Å². The molecule has 0 aromatic heterocycles. The van der Waals surface area contributed by atoms with E-state index in [0.29, 0.717) is 17.6 Å². The van der Waals surface area contributed by atoms with Gasteiger partial charge in [-0.25, -0.2) is 0 Å². The molecule has 0 amide bonds. The van der Waals surface area contributed by atoms with Gasteiger partial charge in [-0.2, -0.15) is 0 Å². The lowest BCUT2D eigenvalue weighted by Crippen LogP contribution is -2.62. The summed E-state index contributed by atoms with van der Waals surface area (Å²) >= 11 is 0. The second kappa shape index (κ2) is 8.26. The van der Waals surface area contributed by atoms with Crippen molar-refractivity contribution in [2.24, 2.45) is 11.3 Å². The van der Waals surface area contributed by atoms with E-state index in [-0.39, 0.29) is 0 Å². The molecule has 4 unspecified atom stereocenters. The molecule has 2 nitrogen and oxygen atoms in total. The summed E-state index contributed by atoms with van der Waals surface area (Å²) in [6, 6.07) is 0.656. The fourth-order valence-electron chi connectivity index (χ4n) is 3.26. The highest BCUT2D eigenvalue weighted by atomic mass is 16.5. The highest BCUT2D eigenvalue weighted by Gasteiger charge is 2.50. The van der Waals surface area contributed by atoms with Gasteiger partial charge in [-0.15, -0.1) is 0 Å². The molecule has 1 aliphatic carbocycles. The van der Waals surface area contributed by atoms with Crippen molar-refractivity contribution in [2.75, 3.05) is 13.2 Å². The summed E-state index contributed by atoms with van der Waals surface area (Å²) in [6.07, 6.45) is 8.11. The Kier molecular flexibility index (Phi) is 7.38. The molecular weight excluding hydrogens is 234 g/mol. The molecule has 0 aromatic carbocycles. The van der Waals surface area contributed by atoms with Gasteiger partial charge >= 0.3 is 0 Å². The standard InChI is InChI=1S/C17H35NO/c1-6-10-11-14(7-2)13-19-16-12-15(18-9-4)17(16,5)8-3/h14-16,18H,6-13H2,1-5H3. The van der Waals surface area contributed by atoms with Crippen LogP contribution in [0, 0.1) is 11.3 Å². The van der Waals surface area contributed by atoms with Crippen LogP contribution in [-0.4, -0.2) is 25.3 Å². The molecule has 2 heteroatoms. The second-order valence-corrected chi connectivity index (χ2v) is 6.44. The number of rotatable bonds is 10. The average molecular weight is 269 g/mol. The number of ether oxygens (including phenoxy) is 1. The van der Waals surface area contributed by atoms with E-state index >= 15 is 0 Å². The molecule has 0 aromatic rings. The minimum atomic E-state index is 0.346. The SMILES string of the molecule is CCCCC(CC)COC1CC(NCC)C1(C)CC. The first-order chi connectivity index (χ1) is 9.12. The third-order valence-corrected chi connectivity index (χ3v) is 5.27. The van der Waals surface area contributed by atoms with Gasteiger partial charge < -0.3 is 10.1 Å². The third kappa shape index (κ3) is 4.19. The van der Waals surface area contributed by atoms with Crippen molar-refractivity contribution in [3.8, 4) is 0 Å². The van der Waals surface area contributed by atoms with Crippen LogP contribution in [0.2, 0.25) is 0 Å². The lowest BCUT2D eigenvalue weighted by atomic mass is 9.61. The lowest BCUT2D eigenvalue weighted by Gasteiger charge is -2.54. The minimum Gasteiger partial charge on any atom is -0.377 e. The summed E-state index contributed by atoms with van der Waals surface area (Å²) < 4.78 is 6.27. The molecule has 1 rings (SSSR count). The normalized spacial score (nSPS) is 32.1. The molecule has 0 spiro atoms. The summed E-state index contributed by atoms with van der Waals surface area (Å²) in [5, 5.41) is 3.61. The van der Waals surface area contributed by atoms with E-state index in [2.05, 4.69) is 39.9 Å². The van der Waals surface area contributed by atoms with E-state index < -0.39 is 0 Å². The fourth-order valence-corrected chi connectivity index (χ4v) is 3.26. The van der Waals surface area contributed by atoms with Crippen LogP contribution in [0.4, 0.5) is 0 Å². The smallest absolute Gasteiger partial charge is 0.0658 e. The van der Waals surface area contributed by atoms with Crippen LogP contribution in [0.3, 0.4) is 0 Å². The number of hydrogen-bond acceptors (Lipinski definition) is 2. The molecule has 0 aliphatic heterocycles. The zero-order valence-corrected chi connectivity index (χ0v) is 13.8. The molecular formula is C17H35NO. The largest absolute Gasteiger partial charge is 0.377 e. The predicted molar refractivity (Wildman–Crippen MR) is 83.5 cm³/mol. The Morgan fingerprint density at radius 2 is 2.00 bits per heavy atom. The van der Waals surface area contributed by atoms with E-state index in [1.807, 2.05) is 0 Å². The first-order valence-electron chi connectivity index (χ1n) is 8.47. The Morgan fingerprint density at radius 1 is 1.26 bits per heavy atom. The summed E-state index contributed by atoms with van der Waals surface area (Å²) in [5.74, 6) is 0.763. The fraction of sp³-hybridized carbons (Fsp3) is 1.00. The van der Waals surface area contributed by atoms with Crippen LogP contribution in [0.1, 0.15) is 73.1 Å². The lowest BCUT2D eigenvalue weighted by molar-refractivity contribution is -0.136. The van der Waals surface area contributed by atoms with Gasteiger partial charge in [0, 0.05) is 18.1 Å². The summed E-state index contributed by atoms with van der Waals surface area (Å²) in [7, 11) is 0. The Morgan fingerprint density at radius 3 is 2.53 bits per heavy atom. The molecule has 1 fully saturated rings. The summed E-state index contributed by atoms with van der Waals surface area (Å²) in [4.78, 5) is 0. The molecule has 0 bridgehead atoms. The zero-order chi connectivity index (χ0) is 14.3. The topological polar surface area (TPSA) is 21.3 Å². The first kappa shape index (κ1) is 17.0. The average Bonchev–Trinajstić information content (AvgIpc) is 2.44. The highest BCUT2D eigenvalue weighted by molar-refractivity contribution is 5.04. The van der Waals surface area contributed by atoms with Gasteiger partial charge in [0.05, 0.1) is 6.10 Å². The Bertz CT molecular complexity index is 243. The molecule has 0 heterocycles. The maximum atomic E-state index is 6.27. The van der Waals surface area contributed by atoms with Crippen molar-refractivity contribution in [1.82, 2.24) is 5.32 Å². The van der Waals surface area contributed by atoms with Crippen molar-refractivity contribution in [2.45, 2.75) is 85.3 Å². The molecule has 1 saturated carbocycles. The molecule has 19 heavy (non-hydrogen) atoms. The van der Waals surface area contributed by atoms with Gasteiger partial charge in [-0.05, 0) is 31.7 Å². The van der Waals surface area contributed by atoms with Gasteiger partial charge in [0.15, 0.2) is 0 Å².